The minimum atomic E-state index is 0. The van der Waals surface area contributed by atoms with Gasteiger partial charge in [0.1, 0.15) is 0 Å². The molecule has 12 heavy (non-hydrogen) atoms. The zero-order valence-electron chi connectivity index (χ0n) is 7.12. The van der Waals surface area contributed by atoms with Crippen molar-refractivity contribution >= 4 is 23.7 Å². The maximum absolute atomic E-state index is 5.89. The second-order valence-corrected chi connectivity index (χ2v) is 3.55. The molecule has 0 radical (unpaired) electrons. The summed E-state index contributed by atoms with van der Waals surface area (Å²) < 4.78 is 0. The number of halogens is 1. The SMILES string of the molecule is C=CC[C@H](N)c1sccc1C.Cl. The van der Waals surface area contributed by atoms with Crippen LogP contribution in [0.1, 0.15) is 22.9 Å². The molecule has 0 spiro atoms. The van der Waals surface area contributed by atoms with Crippen LogP contribution in [-0.2, 0) is 0 Å². The Morgan fingerprint density at radius 1 is 1.75 bits per heavy atom. The number of nitrogens with two attached hydrogens (primary N) is 1. The minimum absolute atomic E-state index is 0. The first-order chi connectivity index (χ1) is 5.25. The molecule has 0 amide bonds. The number of hydrogen-bond acceptors (Lipinski definition) is 2. The molecular formula is C9H14ClNS. The minimum Gasteiger partial charge on any atom is -0.323 e. The van der Waals surface area contributed by atoms with E-state index < -0.39 is 0 Å². The molecule has 0 saturated carbocycles. The van der Waals surface area contributed by atoms with E-state index in [0.717, 1.165) is 6.42 Å². The summed E-state index contributed by atoms with van der Waals surface area (Å²) in [5.41, 5.74) is 7.19. The summed E-state index contributed by atoms with van der Waals surface area (Å²) in [7, 11) is 0. The van der Waals surface area contributed by atoms with E-state index in [-0.39, 0.29) is 18.4 Å². The van der Waals surface area contributed by atoms with Crippen LogP contribution < -0.4 is 5.73 Å². The van der Waals surface area contributed by atoms with Gasteiger partial charge in [-0.25, -0.2) is 0 Å². The highest BCUT2D eigenvalue weighted by molar-refractivity contribution is 7.10. The van der Waals surface area contributed by atoms with Crippen molar-refractivity contribution in [2.24, 2.45) is 5.73 Å². The lowest BCUT2D eigenvalue weighted by Gasteiger charge is -2.06. The summed E-state index contributed by atoms with van der Waals surface area (Å²) in [4.78, 5) is 1.28. The molecule has 1 atom stereocenters. The van der Waals surface area contributed by atoms with Crippen molar-refractivity contribution in [2.75, 3.05) is 0 Å². The van der Waals surface area contributed by atoms with Crippen molar-refractivity contribution in [2.45, 2.75) is 19.4 Å². The smallest absolute Gasteiger partial charge is 0.0427 e. The zero-order chi connectivity index (χ0) is 8.27. The molecule has 0 aliphatic carbocycles. The van der Waals surface area contributed by atoms with Crippen LogP contribution in [0.5, 0.6) is 0 Å². The Morgan fingerprint density at radius 2 is 2.42 bits per heavy atom. The Labute approximate surface area is 83.7 Å². The molecule has 68 valence electrons. The quantitative estimate of drug-likeness (QED) is 0.751. The third-order valence-electron chi connectivity index (χ3n) is 1.66. The second-order valence-electron chi connectivity index (χ2n) is 2.60. The molecule has 1 nitrogen and oxygen atoms in total. The average molecular weight is 204 g/mol. The van der Waals surface area contributed by atoms with Gasteiger partial charge in [-0.3, -0.25) is 0 Å². The molecule has 0 saturated heterocycles. The molecule has 1 aromatic heterocycles. The van der Waals surface area contributed by atoms with Gasteiger partial charge >= 0.3 is 0 Å². The summed E-state index contributed by atoms with van der Waals surface area (Å²) in [6, 6.07) is 2.25. The highest BCUT2D eigenvalue weighted by Gasteiger charge is 2.07. The largest absolute Gasteiger partial charge is 0.323 e. The van der Waals surface area contributed by atoms with E-state index >= 15 is 0 Å². The average Bonchev–Trinajstić information content (AvgIpc) is 2.36. The highest BCUT2D eigenvalue weighted by atomic mass is 35.5. The van der Waals surface area contributed by atoms with Crippen LogP contribution in [0.25, 0.3) is 0 Å². The van der Waals surface area contributed by atoms with Gasteiger partial charge in [0.2, 0.25) is 0 Å². The predicted octanol–water partition coefficient (Wildman–Crippen LogP) is 3.05. The second kappa shape index (κ2) is 5.36. The van der Waals surface area contributed by atoms with E-state index in [4.69, 9.17) is 5.73 Å². The van der Waals surface area contributed by atoms with Crippen LogP contribution >= 0.6 is 23.7 Å². The monoisotopic (exact) mass is 203 g/mol. The highest BCUT2D eigenvalue weighted by Crippen LogP contribution is 2.24. The van der Waals surface area contributed by atoms with Gasteiger partial charge in [0.15, 0.2) is 0 Å². The van der Waals surface area contributed by atoms with Crippen molar-refractivity contribution in [1.29, 1.82) is 0 Å². The van der Waals surface area contributed by atoms with Crippen LogP contribution in [0.2, 0.25) is 0 Å². The first-order valence-electron chi connectivity index (χ1n) is 3.66. The molecular weight excluding hydrogens is 190 g/mol. The standard InChI is InChI=1S/C9H13NS.ClH/c1-3-4-8(10)9-7(2)5-6-11-9;/h3,5-6,8H,1,4,10H2,2H3;1H/t8-;/m0./s1. The van der Waals surface area contributed by atoms with E-state index in [1.807, 2.05) is 6.08 Å². The van der Waals surface area contributed by atoms with Crippen molar-refractivity contribution in [1.82, 2.24) is 0 Å². The molecule has 1 aromatic rings. The molecule has 3 heteroatoms. The van der Waals surface area contributed by atoms with E-state index in [2.05, 4.69) is 24.9 Å². The van der Waals surface area contributed by atoms with Gasteiger partial charge in [0.25, 0.3) is 0 Å². The Balaban J connectivity index is 0.00000121. The predicted molar refractivity (Wildman–Crippen MR) is 58.0 cm³/mol. The van der Waals surface area contributed by atoms with Gasteiger partial charge in [-0.05, 0) is 30.4 Å². The fraction of sp³-hybridized carbons (Fsp3) is 0.333. The van der Waals surface area contributed by atoms with Crippen LogP contribution in [0.4, 0.5) is 0 Å². The van der Waals surface area contributed by atoms with Crippen LogP contribution in [0, 0.1) is 6.92 Å². The lowest BCUT2D eigenvalue weighted by molar-refractivity contribution is 0.753. The lowest BCUT2D eigenvalue weighted by atomic mass is 10.1. The van der Waals surface area contributed by atoms with Gasteiger partial charge in [0, 0.05) is 10.9 Å². The first kappa shape index (κ1) is 11.7. The van der Waals surface area contributed by atoms with Gasteiger partial charge in [0.05, 0.1) is 0 Å². The maximum Gasteiger partial charge on any atom is 0.0427 e. The lowest BCUT2D eigenvalue weighted by Crippen LogP contribution is -2.07. The van der Waals surface area contributed by atoms with E-state index in [1.54, 1.807) is 11.3 Å². The van der Waals surface area contributed by atoms with E-state index in [0.29, 0.717) is 0 Å². The molecule has 0 unspecified atom stereocenters. The normalized spacial score (nSPS) is 11.8. The van der Waals surface area contributed by atoms with Crippen molar-refractivity contribution < 1.29 is 0 Å². The van der Waals surface area contributed by atoms with Crippen LogP contribution in [0.15, 0.2) is 24.1 Å². The van der Waals surface area contributed by atoms with Gasteiger partial charge in [-0.2, -0.15) is 0 Å². The maximum atomic E-state index is 5.89. The zero-order valence-corrected chi connectivity index (χ0v) is 8.75. The van der Waals surface area contributed by atoms with E-state index in [9.17, 15) is 0 Å². The fourth-order valence-electron chi connectivity index (χ4n) is 1.05. The fourth-order valence-corrected chi connectivity index (χ4v) is 1.99. The Hall–Kier alpha value is -0.310. The van der Waals surface area contributed by atoms with Crippen LogP contribution in [0.3, 0.4) is 0 Å². The number of thiophene rings is 1. The van der Waals surface area contributed by atoms with Crippen molar-refractivity contribution in [3.05, 3.63) is 34.5 Å². The first-order valence-corrected chi connectivity index (χ1v) is 4.54. The van der Waals surface area contributed by atoms with Crippen LogP contribution in [-0.4, -0.2) is 0 Å². The van der Waals surface area contributed by atoms with Gasteiger partial charge in [-0.15, -0.1) is 30.3 Å². The van der Waals surface area contributed by atoms with Gasteiger partial charge in [-0.1, -0.05) is 6.08 Å². The van der Waals surface area contributed by atoms with Crippen molar-refractivity contribution in [3.8, 4) is 0 Å². The third-order valence-corrected chi connectivity index (χ3v) is 2.81. The molecule has 0 aliphatic heterocycles. The number of hydrogen-bond donors (Lipinski definition) is 1. The molecule has 0 aliphatic rings. The molecule has 1 heterocycles. The molecule has 1 rings (SSSR count). The summed E-state index contributed by atoms with van der Waals surface area (Å²) in [5.74, 6) is 0. The number of aryl methyl sites for hydroxylation is 1. The summed E-state index contributed by atoms with van der Waals surface area (Å²) >= 11 is 1.72. The molecule has 0 bridgehead atoms. The topological polar surface area (TPSA) is 26.0 Å². The molecule has 2 N–H and O–H groups in total. The third kappa shape index (κ3) is 2.63. The summed E-state index contributed by atoms with van der Waals surface area (Å²) in [6.45, 7) is 5.76. The Bertz CT molecular complexity index is 244. The Morgan fingerprint density at radius 3 is 2.83 bits per heavy atom. The van der Waals surface area contributed by atoms with Crippen molar-refractivity contribution in [3.63, 3.8) is 0 Å². The molecule has 0 fully saturated rings. The summed E-state index contributed by atoms with van der Waals surface area (Å²) in [6.07, 6.45) is 2.73. The molecule has 0 aromatic carbocycles. The van der Waals surface area contributed by atoms with E-state index in [1.165, 1.54) is 10.4 Å². The Kier molecular flexibility index (Phi) is 5.22. The van der Waals surface area contributed by atoms with Gasteiger partial charge < -0.3 is 5.73 Å². The summed E-state index contributed by atoms with van der Waals surface area (Å²) in [5, 5.41) is 2.08. The number of rotatable bonds is 3.